The van der Waals surface area contributed by atoms with E-state index in [1.807, 2.05) is 24.3 Å². The van der Waals surface area contributed by atoms with E-state index in [9.17, 15) is 0 Å². The Morgan fingerprint density at radius 1 is 1.22 bits per heavy atom. The molecule has 2 aromatic rings. The first-order valence-electron chi connectivity index (χ1n) is 6.66. The minimum Gasteiger partial charge on any atom is -0.494 e. The van der Waals surface area contributed by atoms with Crippen LogP contribution in [0.1, 0.15) is 44.9 Å². The first-order chi connectivity index (χ1) is 8.74. The molecule has 98 valence electrons. The molecule has 18 heavy (non-hydrogen) atoms. The topological polar surface area (TPSA) is 48.4 Å². The van der Waals surface area contributed by atoms with Crippen LogP contribution >= 0.6 is 0 Å². The second-order valence-corrected chi connectivity index (χ2v) is 4.59. The van der Waals surface area contributed by atoms with Gasteiger partial charge in [-0.1, -0.05) is 20.3 Å². The minimum absolute atomic E-state index is 0.0117. The highest BCUT2D eigenvalue weighted by Gasteiger charge is 2.11. The summed E-state index contributed by atoms with van der Waals surface area (Å²) in [5.74, 6) is 1.75. The summed E-state index contributed by atoms with van der Waals surface area (Å²) in [6.07, 6.45) is 3.01. The van der Waals surface area contributed by atoms with Gasteiger partial charge in [-0.15, -0.1) is 0 Å². The Labute approximate surface area is 108 Å². The predicted molar refractivity (Wildman–Crippen MR) is 73.8 cm³/mol. The third kappa shape index (κ3) is 2.85. The zero-order valence-corrected chi connectivity index (χ0v) is 11.1. The largest absolute Gasteiger partial charge is 0.494 e. The normalized spacial score (nSPS) is 12.8. The van der Waals surface area contributed by atoms with Crippen molar-refractivity contribution in [3.8, 4) is 5.75 Å². The SMILES string of the molecule is CCCOc1ccc2oc(C(N)CCC)cc2c1. The number of ether oxygens (including phenoxy) is 1. The second kappa shape index (κ2) is 5.91. The lowest BCUT2D eigenvalue weighted by atomic mass is 10.1. The average Bonchev–Trinajstić information content (AvgIpc) is 2.79. The van der Waals surface area contributed by atoms with Crippen molar-refractivity contribution < 1.29 is 9.15 Å². The van der Waals surface area contributed by atoms with Crippen LogP contribution in [-0.4, -0.2) is 6.61 Å². The van der Waals surface area contributed by atoms with E-state index in [-0.39, 0.29) is 6.04 Å². The van der Waals surface area contributed by atoms with Gasteiger partial charge in [0, 0.05) is 5.39 Å². The molecule has 0 aliphatic heterocycles. The Balaban J connectivity index is 2.22. The van der Waals surface area contributed by atoms with E-state index in [2.05, 4.69) is 13.8 Å². The summed E-state index contributed by atoms with van der Waals surface area (Å²) in [7, 11) is 0. The van der Waals surface area contributed by atoms with E-state index < -0.39 is 0 Å². The van der Waals surface area contributed by atoms with Crippen LogP contribution < -0.4 is 10.5 Å². The lowest BCUT2D eigenvalue weighted by Gasteiger charge is -2.04. The van der Waals surface area contributed by atoms with Crippen LogP contribution in [0.4, 0.5) is 0 Å². The number of benzene rings is 1. The molecular formula is C15H21NO2. The van der Waals surface area contributed by atoms with Crippen LogP contribution in [0.15, 0.2) is 28.7 Å². The standard InChI is InChI=1S/C15H21NO2/c1-3-5-13(16)15-10-11-9-12(17-8-4-2)6-7-14(11)18-15/h6-7,9-10,13H,3-5,8,16H2,1-2H3. The third-order valence-corrected chi connectivity index (χ3v) is 2.94. The highest BCUT2D eigenvalue weighted by Crippen LogP contribution is 2.28. The van der Waals surface area contributed by atoms with Gasteiger partial charge >= 0.3 is 0 Å². The van der Waals surface area contributed by atoms with Crippen LogP contribution in [0, 0.1) is 0 Å². The van der Waals surface area contributed by atoms with Crippen LogP contribution in [0.3, 0.4) is 0 Å². The second-order valence-electron chi connectivity index (χ2n) is 4.59. The van der Waals surface area contributed by atoms with Crippen molar-refractivity contribution in [3.63, 3.8) is 0 Å². The summed E-state index contributed by atoms with van der Waals surface area (Å²) >= 11 is 0. The number of fused-ring (bicyclic) bond motifs is 1. The molecule has 3 nitrogen and oxygen atoms in total. The maximum absolute atomic E-state index is 6.06. The van der Waals surface area contributed by atoms with E-state index in [0.29, 0.717) is 0 Å². The summed E-state index contributed by atoms with van der Waals surface area (Å²) in [6, 6.07) is 7.91. The summed E-state index contributed by atoms with van der Waals surface area (Å²) < 4.78 is 11.4. The maximum Gasteiger partial charge on any atom is 0.134 e. The molecule has 0 aliphatic rings. The Morgan fingerprint density at radius 2 is 2.06 bits per heavy atom. The van der Waals surface area contributed by atoms with Crippen LogP contribution in [0.25, 0.3) is 11.0 Å². The quantitative estimate of drug-likeness (QED) is 0.838. The van der Waals surface area contributed by atoms with Crippen molar-refractivity contribution >= 4 is 11.0 Å². The Morgan fingerprint density at radius 3 is 2.78 bits per heavy atom. The molecule has 0 amide bonds. The summed E-state index contributed by atoms with van der Waals surface area (Å²) in [5.41, 5.74) is 6.94. The molecule has 1 unspecified atom stereocenters. The van der Waals surface area contributed by atoms with Crippen LogP contribution in [-0.2, 0) is 0 Å². The molecule has 0 fully saturated rings. The van der Waals surface area contributed by atoms with Crippen molar-refractivity contribution in [1.29, 1.82) is 0 Å². The van der Waals surface area contributed by atoms with Crippen molar-refractivity contribution in [1.82, 2.24) is 0 Å². The zero-order valence-electron chi connectivity index (χ0n) is 11.1. The average molecular weight is 247 g/mol. The van der Waals surface area contributed by atoms with Crippen LogP contribution in [0.2, 0.25) is 0 Å². The third-order valence-electron chi connectivity index (χ3n) is 2.94. The number of hydrogen-bond acceptors (Lipinski definition) is 3. The van der Waals surface area contributed by atoms with Gasteiger partial charge in [0.15, 0.2) is 0 Å². The van der Waals surface area contributed by atoms with E-state index >= 15 is 0 Å². The van der Waals surface area contributed by atoms with E-state index in [1.54, 1.807) is 0 Å². The molecule has 0 aliphatic carbocycles. The number of hydrogen-bond donors (Lipinski definition) is 1. The highest BCUT2D eigenvalue weighted by molar-refractivity contribution is 5.79. The first kappa shape index (κ1) is 13.0. The molecule has 1 atom stereocenters. The molecule has 3 heteroatoms. The molecule has 2 N–H and O–H groups in total. The van der Waals surface area contributed by atoms with Crippen molar-refractivity contribution in [2.45, 2.75) is 39.2 Å². The van der Waals surface area contributed by atoms with E-state index in [0.717, 1.165) is 48.3 Å². The predicted octanol–water partition coefficient (Wildman–Crippen LogP) is 4.02. The lowest BCUT2D eigenvalue weighted by molar-refractivity contribution is 0.318. The van der Waals surface area contributed by atoms with Gasteiger partial charge in [0.1, 0.15) is 17.1 Å². The van der Waals surface area contributed by atoms with Gasteiger partial charge in [-0.05, 0) is 37.1 Å². The Bertz CT molecular complexity index is 504. The first-order valence-corrected chi connectivity index (χ1v) is 6.66. The summed E-state index contributed by atoms with van der Waals surface area (Å²) in [6.45, 7) is 4.96. The van der Waals surface area contributed by atoms with Gasteiger partial charge in [0.25, 0.3) is 0 Å². The van der Waals surface area contributed by atoms with E-state index in [1.165, 1.54) is 0 Å². The Hall–Kier alpha value is -1.48. The summed E-state index contributed by atoms with van der Waals surface area (Å²) in [4.78, 5) is 0. The van der Waals surface area contributed by atoms with Crippen LogP contribution in [0.5, 0.6) is 5.75 Å². The Kier molecular flexibility index (Phi) is 4.26. The van der Waals surface area contributed by atoms with Gasteiger partial charge < -0.3 is 14.9 Å². The molecule has 0 saturated carbocycles. The van der Waals surface area contributed by atoms with Gasteiger partial charge in [-0.25, -0.2) is 0 Å². The fraction of sp³-hybridized carbons (Fsp3) is 0.467. The molecule has 0 saturated heterocycles. The number of nitrogens with two attached hydrogens (primary N) is 1. The lowest BCUT2D eigenvalue weighted by Crippen LogP contribution is -2.08. The zero-order chi connectivity index (χ0) is 13.0. The monoisotopic (exact) mass is 247 g/mol. The number of furan rings is 1. The molecule has 1 heterocycles. The number of rotatable bonds is 6. The van der Waals surface area contributed by atoms with Gasteiger partial charge in [0.05, 0.1) is 12.6 Å². The van der Waals surface area contributed by atoms with Gasteiger partial charge in [-0.3, -0.25) is 0 Å². The molecule has 2 rings (SSSR count). The smallest absolute Gasteiger partial charge is 0.134 e. The van der Waals surface area contributed by atoms with Gasteiger partial charge in [0.2, 0.25) is 0 Å². The maximum atomic E-state index is 6.06. The van der Waals surface area contributed by atoms with Gasteiger partial charge in [-0.2, -0.15) is 0 Å². The van der Waals surface area contributed by atoms with Crippen molar-refractivity contribution in [2.24, 2.45) is 5.73 Å². The minimum atomic E-state index is -0.0117. The molecule has 0 radical (unpaired) electrons. The molecule has 1 aromatic heterocycles. The van der Waals surface area contributed by atoms with E-state index in [4.69, 9.17) is 14.9 Å². The van der Waals surface area contributed by atoms with Crippen molar-refractivity contribution in [3.05, 3.63) is 30.0 Å². The molecule has 0 spiro atoms. The fourth-order valence-corrected chi connectivity index (χ4v) is 1.99. The highest BCUT2D eigenvalue weighted by atomic mass is 16.5. The summed E-state index contributed by atoms with van der Waals surface area (Å²) in [5, 5.41) is 1.06. The molecule has 0 bridgehead atoms. The fourth-order valence-electron chi connectivity index (χ4n) is 1.99. The molecular weight excluding hydrogens is 226 g/mol. The molecule has 1 aromatic carbocycles. The van der Waals surface area contributed by atoms with Crippen molar-refractivity contribution in [2.75, 3.05) is 6.61 Å².